The number of hydrogen-bond acceptors (Lipinski definition) is 5. The number of nitrogens with zero attached hydrogens (tertiary/aromatic N) is 1. The number of methoxy groups -OCH3 is 1. The number of aryl methyl sites for hydroxylation is 2. The predicted octanol–water partition coefficient (Wildman–Crippen LogP) is 2.98. The molecule has 0 aliphatic carbocycles. The van der Waals surface area contributed by atoms with Crippen molar-refractivity contribution in [1.29, 1.82) is 0 Å². The largest absolute Gasteiger partial charge is 0.495 e. The summed E-state index contributed by atoms with van der Waals surface area (Å²) in [6, 6.07) is 10.6. The number of anilines is 1. The summed E-state index contributed by atoms with van der Waals surface area (Å²) in [4.78, 5) is 12.4. The Bertz CT molecular complexity index is 1060. The van der Waals surface area contributed by atoms with E-state index < -0.39 is 10.0 Å². The molecular weight excluding hydrogens is 404 g/mol. The Hall–Kier alpha value is -2.68. The molecule has 1 N–H and O–H groups in total. The van der Waals surface area contributed by atoms with E-state index >= 15 is 0 Å². The van der Waals surface area contributed by atoms with Crippen LogP contribution in [0.2, 0.25) is 0 Å². The first-order valence-electron chi connectivity index (χ1n) is 9.63. The Morgan fingerprint density at radius 2 is 1.87 bits per heavy atom. The topological polar surface area (TPSA) is 84.9 Å². The first kappa shape index (κ1) is 22.0. The van der Waals surface area contributed by atoms with Gasteiger partial charge in [0.1, 0.15) is 10.6 Å². The van der Waals surface area contributed by atoms with Crippen molar-refractivity contribution in [1.82, 2.24) is 4.31 Å². The van der Waals surface area contributed by atoms with Crippen molar-refractivity contribution in [2.24, 2.45) is 0 Å². The molecule has 8 heteroatoms. The molecular formula is C22H26N2O5S. The Balaban J connectivity index is 1.82. The van der Waals surface area contributed by atoms with Crippen LogP contribution in [-0.4, -0.2) is 52.0 Å². The maximum absolute atomic E-state index is 13.1. The Kier molecular flexibility index (Phi) is 6.91. The third-order valence-corrected chi connectivity index (χ3v) is 6.77. The van der Waals surface area contributed by atoms with Gasteiger partial charge in [-0.2, -0.15) is 4.31 Å². The molecule has 1 saturated heterocycles. The number of ether oxygens (including phenoxy) is 2. The first-order chi connectivity index (χ1) is 14.3. The van der Waals surface area contributed by atoms with Crippen LogP contribution >= 0.6 is 0 Å². The van der Waals surface area contributed by atoms with Gasteiger partial charge in [-0.05, 0) is 54.8 Å². The SMILES string of the molecule is COc1ccc(/C=C/C(=O)Nc2cc(C)ccc2C)cc1S(=O)(=O)N1CCOCC1. The van der Waals surface area contributed by atoms with Gasteiger partial charge < -0.3 is 14.8 Å². The second-order valence-corrected chi connectivity index (χ2v) is 8.97. The second-order valence-electron chi connectivity index (χ2n) is 7.07. The minimum atomic E-state index is -3.73. The Labute approximate surface area is 177 Å². The summed E-state index contributed by atoms with van der Waals surface area (Å²) in [5.41, 5.74) is 3.34. The highest BCUT2D eigenvalue weighted by molar-refractivity contribution is 7.89. The van der Waals surface area contributed by atoms with Crippen molar-refractivity contribution < 1.29 is 22.7 Å². The van der Waals surface area contributed by atoms with Gasteiger partial charge in [-0.3, -0.25) is 4.79 Å². The number of carbonyl (C=O) groups is 1. The number of amides is 1. The molecule has 0 spiro atoms. The monoisotopic (exact) mass is 430 g/mol. The summed E-state index contributed by atoms with van der Waals surface area (Å²) in [7, 11) is -2.30. The predicted molar refractivity (Wildman–Crippen MR) is 116 cm³/mol. The molecule has 1 heterocycles. The number of hydrogen-bond donors (Lipinski definition) is 1. The maximum Gasteiger partial charge on any atom is 0.248 e. The van der Waals surface area contributed by atoms with Crippen molar-refractivity contribution in [3.8, 4) is 5.75 Å². The van der Waals surface area contributed by atoms with Gasteiger partial charge in [0.2, 0.25) is 15.9 Å². The highest BCUT2D eigenvalue weighted by Gasteiger charge is 2.29. The Morgan fingerprint density at radius 3 is 2.57 bits per heavy atom. The van der Waals surface area contributed by atoms with Gasteiger partial charge in [0, 0.05) is 24.9 Å². The maximum atomic E-state index is 13.1. The summed E-state index contributed by atoms with van der Waals surface area (Å²) in [5.74, 6) is -0.0319. The van der Waals surface area contributed by atoms with Crippen molar-refractivity contribution in [2.75, 3.05) is 38.7 Å². The average Bonchev–Trinajstić information content (AvgIpc) is 2.75. The highest BCUT2D eigenvalue weighted by Crippen LogP contribution is 2.29. The normalized spacial score (nSPS) is 15.3. The molecule has 0 saturated carbocycles. The summed E-state index contributed by atoms with van der Waals surface area (Å²) in [6.45, 7) is 5.19. The molecule has 160 valence electrons. The summed E-state index contributed by atoms with van der Waals surface area (Å²) in [6.07, 6.45) is 2.97. The number of carbonyl (C=O) groups excluding carboxylic acids is 1. The van der Waals surface area contributed by atoms with Gasteiger partial charge >= 0.3 is 0 Å². The van der Waals surface area contributed by atoms with E-state index in [2.05, 4.69) is 5.32 Å². The fraction of sp³-hybridized carbons (Fsp3) is 0.318. The molecule has 1 aliphatic rings. The minimum absolute atomic E-state index is 0.0731. The van der Waals surface area contributed by atoms with Crippen LogP contribution in [0.4, 0.5) is 5.69 Å². The molecule has 7 nitrogen and oxygen atoms in total. The third kappa shape index (κ3) is 5.08. The lowest BCUT2D eigenvalue weighted by molar-refractivity contribution is -0.111. The standard InChI is InChI=1S/C22H26N2O5S/c1-16-4-5-17(2)19(14-16)23-22(25)9-7-18-6-8-20(28-3)21(15-18)30(26,27)24-10-12-29-13-11-24/h4-9,14-15H,10-13H2,1-3H3,(H,23,25)/b9-7+. The van der Waals surface area contributed by atoms with E-state index in [1.165, 1.54) is 23.6 Å². The average molecular weight is 431 g/mol. The van der Waals surface area contributed by atoms with Crippen molar-refractivity contribution in [3.05, 3.63) is 59.2 Å². The first-order valence-corrected chi connectivity index (χ1v) is 11.1. The van der Waals surface area contributed by atoms with E-state index in [0.717, 1.165) is 16.8 Å². The van der Waals surface area contributed by atoms with E-state index in [9.17, 15) is 13.2 Å². The third-order valence-electron chi connectivity index (χ3n) is 4.85. The number of rotatable bonds is 6. The summed E-state index contributed by atoms with van der Waals surface area (Å²) < 4.78 is 38.0. The minimum Gasteiger partial charge on any atom is -0.495 e. The molecule has 1 fully saturated rings. The highest BCUT2D eigenvalue weighted by atomic mass is 32.2. The van der Waals surface area contributed by atoms with Crippen molar-refractivity contribution in [2.45, 2.75) is 18.7 Å². The van der Waals surface area contributed by atoms with Crippen LogP contribution in [-0.2, 0) is 19.6 Å². The molecule has 2 aromatic carbocycles. The zero-order valence-corrected chi connectivity index (χ0v) is 18.2. The molecule has 0 unspecified atom stereocenters. The number of sulfonamides is 1. The van der Waals surface area contributed by atoms with E-state index in [4.69, 9.17) is 9.47 Å². The lowest BCUT2D eigenvalue weighted by atomic mass is 10.1. The van der Waals surface area contributed by atoms with Crippen LogP contribution < -0.4 is 10.1 Å². The smallest absolute Gasteiger partial charge is 0.248 e. The van der Waals surface area contributed by atoms with Gasteiger partial charge in [0.25, 0.3) is 0 Å². The van der Waals surface area contributed by atoms with Crippen molar-refractivity contribution in [3.63, 3.8) is 0 Å². The molecule has 2 aromatic rings. The van der Waals surface area contributed by atoms with Gasteiger partial charge in [-0.1, -0.05) is 18.2 Å². The summed E-state index contributed by atoms with van der Waals surface area (Å²) in [5, 5.41) is 2.85. The molecule has 0 atom stereocenters. The van der Waals surface area contributed by atoms with Crippen LogP contribution in [0.15, 0.2) is 47.4 Å². The Morgan fingerprint density at radius 1 is 1.13 bits per heavy atom. The van der Waals surface area contributed by atoms with E-state index in [0.29, 0.717) is 31.9 Å². The van der Waals surface area contributed by atoms with E-state index in [1.807, 2.05) is 32.0 Å². The number of nitrogens with one attached hydrogen (secondary N) is 1. The van der Waals surface area contributed by atoms with Crippen LogP contribution in [0, 0.1) is 13.8 Å². The molecule has 1 aliphatic heterocycles. The zero-order valence-electron chi connectivity index (χ0n) is 17.3. The van der Waals surface area contributed by atoms with E-state index in [-0.39, 0.29) is 16.6 Å². The zero-order chi connectivity index (χ0) is 21.7. The molecule has 30 heavy (non-hydrogen) atoms. The summed E-state index contributed by atoms with van der Waals surface area (Å²) >= 11 is 0. The fourth-order valence-corrected chi connectivity index (χ4v) is 4.74. The van der Waals surface area contributed by atoms with Gasteiger partial charge in [0.15, 0.2) is 0 Å². The lowest BCUT2D eigenvalue weighted by Crippen LogP contribution is -2.40. The molecule has 0 radical (unpaired) electrons. The number of benzene rings is 2. The molecule has 1 amide bonds. The van der Waals surface area contributed by atoms with Gasteiger partial charge in [0.05, 0.1) is 20.3 Å². The van der Waals surface area contributed by atoms with Crippen LogP contribution in [0.5, 0.6) is 5.75 Å². The van der Waals surface area contributed by atoms with Crippen molar-refractivity contribution >= 4 is 27.7 Å². The van der Waals surface area contributed by atoms with Crippen LogP contribution in [0.25, 0.3) is 6.08 Å². The fourth-order valence-electron chi connectivity index (χ4n) is 3.14. The van der Waals surface area contributed by atoms with Gasteiger partial charge in [-0.15, -0.1) is 0 Å². The molecule has 0 bridgehead atoms. The van der Waals surface area contributed by atoms with Gasteiger partial charge in [-0.25, -0.2) is 8.42 Å². The molecule has 0 aromatic heterocycles. The van der Waals surface area contributed by atoms with Crippen LogP contribution in [0.1, 0.15) is 16.7 Å². The quantitative estimate of drug-likeness (QED) is 0.712. The molecule has 3 rings (SSSR count). The van der Waals surface area contributed by atoms with Crippen LogP contribution in [0.3, 0.4) is 0 Å². The van der Waals surface area contributed by atoms with E-state index in [1.54, 1.807) is 18.2 Å². The number of morpholine rings is 1. The second kappa shape index (κ2) is 9.42. The lowest BCUT2D eigenvalue weighted by Gasteiger charge is -2.26.